The molecule has 0 aliphatic heterocycles. The van der Waals surface area contributed by atoms with Crippen LogP contribution in [-0.4, -0.2) is 25.3 Å². The van der Waals surface area contributed by atoms with Gasteiger partial charge in [0.05, 0.1) is 7.11 Å². The van der Waals surface area contributed by atoms with E-state index < -0.39 is 6.04 Å². The highest BCUT2D eigenvalue weighted by Gasteiger charge is 2.05. The number of hydrogen-bond acceptors (Lipinski definition) is 4. The van der Waals surface area contributed by atoms with Gasteiger partial charge >= 0.3 is 0 Å². The number of nitrogens with two attached hydrogens (primary N) is 1. The number of ether oxygens (including phenoxy) is 1. The molecule has 0 bridgehead atoms. The van der Waals surface area contributed by atoms with Gasteiger partial charge in [0, 0.05) is 0 Å². The topological polar surface area (TPSA) is 76.2 Å². The van der Waals surface area contributed by atoms with Gasteiger partial charge in [-0.2, -0.15) is 0 Å². The molecule has 0 aromatic rings. The Labute approximate surface area is 47.1 Å². The fraction of sp³-hybridized carbons (Fsp3) is 0.500. The molecule has 46 valence electrons. The second kappa shape index (κ2) is 3.15. The summed E-state index contributed by atoms with van der Waals surface area (Å²) >= 11 is 0. The minimum absolute atomic E-state index is 0.208. The van der Waals surface area contributed by atoms with Gasteiger partial charge in [-0.1, -0.05) is 0 Å². The number of nitrogens with one attached hydrogen (secondary N) is 1. The Balaban J connectivity index is 3.62. The number of aldehydes is 1. The van der Waals surface area contributed by atoms with Gasteiger partial charge in [-0.05, 0) is 0 Å². The average Bonchev–Trinajstić information content (AvgIpc) is 1.84. The molecule has 0 aliphatic carbocycles. The van der Waals surface area contributed by atoms with E-state index in [4.69, 9.17) is 11.1 Å². The molecule has 3 N–H and O–H groups in total. The van der Waals surface area contributed by atoms with E-state index in [0.29, 0.717) is 6.29 Å². The summed E-state index contributed by atoms with van der Waals surface area (Å²) in [6, 6.07) is -0.903. The van der Waals surface area contributed by atoms with Crippen molar-refractivity contribution in [3.8, 4) is 0 Å². The minimum Gasteiger partial charge on any atom is -0.483 e. The van der Waals surface area contributed by atoms with Gasteiger partial charge in [-0.25, -0.2) is 0 Å². The summed E-state index contributed by atoms with van der Waals surface area (Å²) in [5.41, 5.74) is 5.01. The highest BCUT2D eigenvalue weighted by Crippen LogP contribution is 1.76. The SMILES string of the molecule is COC(=N)C(N)C=O. The van der Waals surface area contributed by atoms with E-state index in [9.17, 15) is 4.79 Å². The predicted octanol–water partition coefficient (Wildman–Crippen LogP) is -0.864. The highest BCUT2D eigenvalue weighted by molar-refractivity contribution is 5.93. The standard InChI is InChI=1S/C4H8N2O2/c1-8-4(6)3(5)2-7/h2-3,6H,5H2,1H3. The molecule has 0 saturated carbocycles. The molecule has 1 atom stereocenters. The van der Waals surface area contributed by atoms with E-state index in [1.54, 1.807) is 0 Å². The molecule has 0 radical (unpaired) electrons. The zero-order valence-corrected chi connectivity index (χ0v) is 4.55. The zero-order valence-electron chi connectivity index (χ0n) is 4.55. The number of carbonyl (C=O) groups is 1. The molecule has 0 rings (SSSR count). The Morgan fingerprint density at radius 1 is 2.00 bits per heavy atom. The van der Waals surface area contributed by atoms with E-state index in [0.717, 1.165) is 0 Å². The molecular weight excluding hydrogens is 108 g/mol. The molecule has 0 aliphatic rings. The van der Waals surface area contributed by atoms with Crippen LogP contribution in [0, 0.1) is 5.41 Å². The summed E-state index contributed by atoms with van der Waals surface area (Å²) < 4.78 is 4.33. The first-order valence-electron chi connectivity index (χ1n) is 2.05. The molecule has 0 heterocycles. The van der Waals surface area contributed by atoms with Gasteiger partial charge in [0.15, 0.2) is 0 Å². The molecule has 1 unspecified atom stereocenters. The van der Waals surface area contributed by atoms with Crippen molar-refractivity contribution in [3.63, 3.8) is 0 Å². The maximum atomic E-state index is 9.76. The average molecular weight is 116 g/mol. The van der Waals surface area contributed by atoms with Crippen molar-refractivity contribution in [2.24, 2.45) is 5.73 Å². The Hall–Kier alpha value is -0.900. The first kappa shape index (κ1) is 7.10. The van der Waals surface area contributed by atoms with Gasteiger partial charge in [-0.3, -0.25) is 5.41 Å². The predicted molar refractivity (Wildman–Crippen MR) is 28.8 cm³/mol. The summed E-state index contributed by atoms with van der Waals surface area (Å²) in [6.45, 7) is 0. The molecule has 0 aromatic carbocycles. The van der Waals surface area contributed by atoms with Gasteiger partial charge in [-0.15, -0.1) is 0 Å². The summed E-state index contributed by atoms with van der Waals surface area (Å²) in [5.74, 6) is -0.208. The van der Waals surface area contributed by atoms with Gasteiger partial charge in [0.25, 0.3) is 0 Å². The highest BCUT2D eigenvalue weighted by atomic mass is 16.5. The minimum atomic E-state index is -0.903. The molecule has 0 saturated heterocycles. The van der Waals surface area contributed by atoms with Crippen molar-refractivity contribution < 1.29 is 9.53 Å². The van der Waals surface area contributed by atoms with Crippen LogP contribution in [0.1, 0.15) is 0 Å². The third kappa shape index (κ3) is 1.70. The first-order valence-corrected chi connectivity index (χ1v) is 2.05. The second-order valence-corrected chi connectivity index (χ2v) is 1.23. The maximum Gasteiger partial charge on any atom is 0.205 e. The van der Waals surface area contributed by atoms with E-state index in [1.807, 2.05) is 0 Å². The van der Waals surface area contributed by atoms with Crippen LogP contribution >= 0.6 is 0 Å². The van der Waals surface area contributed by atoms with Crippen LogP contribution in [0.25, 0.3) is 0 Å². The molecule has 8 heavy (non-hydrogen) atoms. The third-order valence-corrected chi connectivity index (χ3v) is 0.669. The molecule has 0 amide bonds. The van der Waals surface area contributed by atoms with Gasteiger partial charge in [0.1, 0.15) is 12.3 Å². The van der Waals surface area contributed by atoms with Crippen LogP contribution in [0.4, 0.5) is 0 Å². The van der Waals surface area contributed by atoms with Crippen LogP contribution in [-0.2, 0) is 9.53 Å². The lowest BCUT2D eigenvalue weighted by atomic mass is 10.3. The third-order valence-electron chi connectivity index (χ3n) is 0.669. The smallest absolute Gasteiger partial charge is 0.205 e. The quantitative estimate of drug-likeness (QED) is 0.280. The van der Waals surface area contributed by atoms with Crippen LogP contribution in [0.15, 0.2) is 0 Å². The summed E-state index contributed by atoms with van der Waals surface area (Å²) in [6.07, 6.45) is 0.450. The lowest BCUT2D eigenvalue weighted by molar-refractivity contribution is -0.107. The van der Waals surface area contributed by atoms with Crippen molar-refractivity contribution in [1.29, 1.82) is 5.41 Å². The fourth-order valence-electron chi connectivity index (χ4n) is 0.198. The number of rotatable bonds is 2. The monoisotopic (exact) mass is 116 g/mol. The van der Waals surface area contributed by atoms with Crippen LogP contribution in [0.2, 0.25) is 0 Å². The van der Waals surface area contributed by atoms with E-state index in [1.165, 1.54) is 7.11 Å². The summed E-state index contributed by atoms with van der Waals surface area (Å²) in [7, 11) is 1.30. The van der Waals surface area contributed by atoms with Crippen molar-refractivity contribution in [1.82, 2.24) is 0 Å². The zero-order chi connectivity index (χ0) is 6.57. The number of hydrogen-bond donors (Lipinski definition) is 2. The Morgan fingerprint density at radius 2 is 2.50 bits per heavy atom. The second-order valence-electron chi connectivity index (χ2n) is 1.23. The van der Waals surface area contributed by atoms with E-state index >= 15 is 0 Å². The van der Waals surface area contributed by atoms with Crippen molar-refractivity contribution in [2.75, 3.05) is 7.11 Å². The van der Waals surface area contributed by atoms with E-state index in [-0.39, 0.29) is 5.90 Å². The molecule has 0 spiro atoms. The van der Waals surface area contributed by atoms with Crippen LogP contribution in [0.5, 0.6) is 0 Å². The van der Waals surface area contributed by atoms with Gasteiger partial charge < -0.3 is 15.3 Å². The van der Waals surface area contributed by atoms with E-state index in [2.05, 4.69) is 4.74 Å². The Bertz CT molecular complexity index is 102. The molecule has 4 nitrogen and oxygen atoms in total. The number of methoxy groups -OCH3 is 1. The fourth-order valence-corrected chi connectivity index (χ4v) is 0.198. The largest absolute Gasteiger partial charge is 0.483 e. The van der Waals surface area contributed by atoms with Crippen LogP contribution in [0.3, 0.4) is 0 Å². The van der Waals surface area contributed by atoms with Crippen molar-refractivity contribution in [3.05, 3.63) is 0 Å². The Morgan fingerprint density at radius 3 is 2.62 bits per heavy atom. The van der Waals surface area contributed by atoms with Crippen molar-refractivity contribution in [2.45, 2.75) is 6.04 Å². The lowest BCUT2D eigenvalue weighted by Crippen LogP contribution is -2.32. The number of carbonyl (C=O) groups excluding carboxylic acids is 1. The molecule has 0 fully saturated rings. The summed E-state index contributed by atoms with van der Waals surface area (Å²) in [5, 5.41) is 6.76. The van der Waals surface area contributed by atoms with Crippen LogP contribution < -0.4 is 5.73 Å². The summed E-state index contributed by atoms with van der Waals surface area (Å²) in [4.78, 5) is 9.76. The van der Waals surface area contributed by atoms with Gasteiger partial charge in [0.2, 0.25) is 5.90 Å². The lowest BCUT2D eigenvalue weighted by Gasteiger charge is -2.01. The maximum absolute atomic E-state index is 9.76. The van der Waals surface area contributed by atoms with Crippen molar-refractivity contribution >= 4 is 12.2 Å². The Kier molecular flexibility index (Phi) is 2.79. The normalized spacial score (nSPS) is 12.2. The molecule has 4 heteroatoms. The molecule has 0 aromatic heterocycles. The molecular formula is C4H8N2O2. The first-order chi connectivity index (χ1) is 3.72.